The maximum atomic E-state index is 12.3. The van der Waals surface area contributed by atoms with Crippen LogP contribution < -0.4 is 0 Å². The van der Waals surface area contributed by atoms with Gasteiger partial charge in [0.15, 0.2) is 0 Å². The monoisotopic (exact) mass is 268 g/mol. The van der Waals surface area contributed by atoms with Gasteiger partial charge in [-0.1, -0.05) is 17.3 Å². The van der Waals surface area contributed by atoms with Gasteiger partial charge in [-0.05, 0) is 37.5 Å². The molecule has 0 heterocycles. The van der Waals surface area contributed by atoms with Crippen LogP contribution in [-0.2, 0) is 11.0 Å². The lowest BCUT2D eigenvalue weighted by molar-refractivity contribution is -0.137. The molecule has 1 aliphatic rings. The molecule has 2 nitrogen and oxygen atoms in total. The van der Waals surface area contributed by atoms with Crippen molar-refractivity contribution in [3.8, 4) is 0 Å². The van der Waals surface area contributed by atoms with Crippen molar-refractivity contribution < 1.29 is 18.0 Å². The predicted octanol–water partition coefficient (Wildman–Crippen LogP) is 4.39. The van der Waals surface area contributed by atoms with E-state index in [0.717, 1.165) is 43.6 Å². The minimum absolute atomic E-state index is 0.449. The van der Waals surface area contributed by atoms with Crippen LogP contribution in [0.25, 0.3) is 0 Å². The van der Waals surface area contributed by atoms with E-state index in [2.05, 4.69) is 11.4 Å². The summed E-state index contributed by atoms with van der Waals surface area (Å²) in [7, 11) is 0. The Morgan fingerprint density at radius 3 is 2.42 bits per heavy atom. The summed E-state index contributed by atoms with van der Waals surface area (Å²) < 4.78 is 37.0. The molecule has 1 radical (unpaired) electrons. The van der Waals surface area contributed by atoms with Gasteiger partial charge in [-0.15, -0.1) is 0 Å². The Morgan fingerprint density at radius 2 is 1.84 bits per heavy atom. The summed E-state index contributed by atoms with van der Waals surface area (Å²) in [4.78, 5) is 5.14. The van der Waals surface area contributed by atoms with Gasteiger partial charge in [-0.25, -0.2) is 0 Å². The first-order valence-corrected chi connectivity index (χ1v) is 6.05. The minimum atomic E-state index is -4.32. The maximum Gasteiger partial charge on any atom is 0.416 e. The van der Waals surface area contributed by atoms with E-state index in [9.17, 15) is 13.2 Å². The van der Waals surface area contributed by atoms with E-state index in [0.29, 0.717) is 5.56 Å². The van der Waals surface area contributed by atoms with Crippen molar-refractivity contribution in [3.05, 3.63) is 47.2 Å². The van der Waals surface area contributed by atoms with Crippen molar-refractivity contribution in [3.63, 3.8) is 0 Å². The summed E-state index contributed by atoms with van der Waals surface area (Å²) in [6.07, 6.45) is 4.26. The van der Waals surface area contributed by atoms with Crippen LogP contribution in [0.3, 0.4) is 0 Å². The van der Waals surface area contributed by atoms with Gasteiger partial charge in [-0.3, -0.25) is 0 Å². The van der Waals surface area contributed by atoms with Gasteiger partial charge < -0.3 is 4.84 Å². The van der Waals surface area contributed by atoms with Crippen LogP contribution in [0.15, 0.2) is 41.3 Å². The number of benzene rings is 1. The van der Waals surface area contributed by atoms with Gasteiger partial charge in [0, 0.05) is 12.0 Å². The van der Waals surface area contributed by atoms with Crippen molar-refractivity contribution in [1.82, 2.24) is 0 Å². The quantitative estimate of drug-likeness (QED) is 0.588. The van der Waals surface area contributed by atoms with Crippen molar-refractivity contribution in [1.29, 1.82) is 0 Å². The molecule has 0 unspecified atom stereocenters. The third-order valence-corrected chi connectivity index (χ3v) is 2.80. The van der Waals surface area contributed by atoms with Crippen molar-refractivity contribution >= 4 is 6.21 Å². The largest absolute Gasteiger partial charge is 0.416 e. The number of nitrogens with zero attached hydrogens (tertiary/aromatic N) is 1. The van der Waals surface area contributed by atoms with Crippen molar-refractivity contribution in [2.75, 3.05) is 0 Å². The van der Waals surface area contributed by atoms with Gasteiger partial charge in [0.1, 0.15) is 12.0 Å². The first-order valence-electron chi connectivity index (χ1n) is 6.05. The topological polar surface area (TPSA) is 21.6 Å². The molecule has 0 amide bonds. The van der Waals surface area contributed by atoms with Crippen molar-refractivity contribution in [2.45, 2.75) is 31.9 Å². The number of hydrogen-bond acceptors (Lipinski definition) is 2. The first kappa shape index (κ1) is 13.6. The first-order chi connectivity index (χ1) is 9.05. The average Bonchev–Trinajstić information content (AvgIpc) is 2.39. The smallest absolute Gasteiger partial charge is 0.361 e. The van der Waals surface area contributed by atoms with Crippen LogP contribution in [0.2, 0.25) is 0 Å². The molecule has 0 spiro atoms. The summed E-state index contributed by atoms with van der Waals surface area (Å²) >= 11 is 0. The number of rotatable bonds is 3. The lowest BCUT2D eigenvalue weighted by Gasteiger charge is -2.09. The minimum Gasteiger partial charge on any atom is -0.361 e. The average molecular weight is 268 g/mol. The number of hydrogen-bond donors (Lipinski definition) is 0. The molecule has 0 fully saturated rings. The summed E-state index contributed by atoms with van der Waals surface area (Å²) in [5.74, 6) is 0.797. The van der Waals surface area contributed by atoms with Crippen LogP contribution in [0.4, 0.5) is 13.2 Å². The Hall–Kier alpha value is -1.78. The standard InChI is InChI=1S/C14H13F3NO/c15-14(16,17)12-8-6-11(7-9-12)10-18-19-13-4-2-1-3-5-13/h4,6-9H,1-3,5H2. The lowest BCUT2D eigenvalue weighted by Crippen LogP contribution is -2.04. The second-order valence-corrected chi connectivity index (χ2v) is 4.29. The second-order valence-electron chi connectivity index (χ2n) is 4.29. The molecular formula is C14H13F3NO. The number of halogens is 3. The van der Waals surface area contributed by atoms with Gasteiger partial charge in [0.05, 0.1) is 5.56 Å². The normalized spacial score (nSPS) is 16.5. The maximum absolute atomic E-state index is 12.3. The molecular weight excluding hydrogens is 255 g/mol. The summed E-state index contributed by atoms with van der Waals surface area (Å²) in [6.45, 7) is 0. The highest BCUT2D eigenvalue weighted by Crippen LogP contribution is 2.28. The molecule has 101 valence electrons. The number of allylic oxidation sites excluding steroid dienone is 2. The molecule has 1 aromatic rings. The van der Waals surface area contributed by atoms with E-state index in [1.165, 1.54) is 12.1 Å². The van der Waals surface area contributed by atoms with Crippen LogP contribution in [0.1, 0.15) is 36.8 Å². The fraction of sp³-hybridized carbons (Fsp3) is 0.357. The fourth-order valence-corrected chi connectivity index (χ4v) is 1.76. The van der Waals surface area contributed by atoms with Gasteiger partial charge >= 0.3 is 6.18 Å². The summed E-state index contributed by atoms with van der Waals surface area (Å²) in [5, 5.41) is 3.66. The van der Waals surface area contributed by atoms with E-state index in [1.54, 1.807) is 0 Å². The Kier molecular flexibility index (Phi) is 4.24. The van der Waals surface area contributed by atoms with E-state index < -0.39 is 11.7 Å². The van der Waals surface area contributed by atoms with Crippen molar-refractivity contribution in [2.24, 2.45) is 5.16 Å². The molecule has 0 bridgehead atoms. The van der Waals surface area contributed by atoms with Crippen LogP contribution in [0.5, 0.6) is 0 Å². The molecule has 0 saturated carbocycles. The molecule has 0 aliphatic heterocycles. The summed E-state index contributed by atoms with van der Waals surface area (Å²) in [5.41, 5.74) is -0.238. The zero-order valence-corrected chi connectivity index (χ0v) is 10.2. The third kappa shape index (κ3) is 4.12. The molecule has 2 rings (SSSR count). The Morgan fingerprint density at radius 1 is 1.11 bits per heavy atom. The van der Waals surface area contributed by atoms with Gasteiger partial charge in [0.2, 0.25) is 0 Å². The predicted molar refractivity (Wildman–Crippen MR) is 65.6 cm³/mol. The highest BCUT2D eigenvalue weighted by molar-refractivity contribution is 5.79. The molecule has 0 saturated heterocycles. The van der Waals surface area contributed by atoms with Gasteiger partial charge in [0.25, 0.3) is 0 Å². The van der Waals surface area contributed by atoms with E-state index in [-0.39, 0.29) is 0 Å². The third-order valence-electron chi connectivity index (χ3n) is 2.80. The highest BCUT2D eigenvalue weighted by Gasteiger charge is 2.29. The lowest BCUT2D eigenvalue weighted by atomic mass is 10.1. The molecule has 0 aromatic heterocycles. The Balaban J connectivity index is 1.94. The zero-order chi connectivity index (χ0) is 13.7. The molecule has 19 heavy (non-hydrogen) atoms. The highest BCUT2D eigenvalue weighted by atomic mass is 19.4. The van der Waals surface area contributed by atoms with Gasteiger partial charge in [-0.2, -0.15) is 13.2 Å². The SMILES string of the molecule is FC(F)(F)c1ccc([C]=NOC2=CCCCC2)cc1. The number of alkyl halides is 3. The molecule has 0 N–H and O–H groups in total. The Bertz CT molecular complexity index is 474. The van der Waals surface area contributed by atoms with Crippen LogP contribution in [-0.4, -0.2) is 6.21 Å². The summed E-state index contributed by atoms with van der Waals surface area (Å²) in [6, 6.07) is 4.62. The van der Waals surface area contributed by atoms with Crippen LogP contribution >= 0.6 is 0 Å². The van der Waals surface area contributed by atoms with E-state index in [1.807, 2.05) is 6.08 Å². The molecule has 0 atom stereocenters. The van der Waals surface area contributed by atoms with E-state index >= 15 is 0 Å². The molecule has 5 heteroatoms. The Labute approximate surface area is 109 Å². The second kappa shape index (κ2) is 5.91. The van der Waals surface area contributed by atoms with E-state index in [4.69, 9.17) is 4.84 Å². The zero-order valence-electron chi connectivity index (χ0n) is 10.2. The van der Waals surface area contributed by atoms with Crippen LogP contribution in [0, 0.1) is 0 Å². The molecule has 1 aromatic carbocycles. The fourth-order valence-electron chi connectivity index (χ4n) is 1.76. The molecule has 1 aliphatic carbocycles.